The van der Waals surface area contributed by atoms with E-state index < -0.39 is 22.5 Å². The molecule has 8 heteroatoms. The number of para-hydroxylation sites is 1. The standard InChI is InChI=1S/C26H29ClN2O4S/c1-19(2)17-24(20-13-15-21(33-3)16-14-20)28-26(30)18-29(25-12-8-7-11-23(25)27)34(31,32)22-9-5-4-6-10-22/h4-16,19,24H,17-18H2,1-3H3,(H,28,30). The minimum absolute atomic E-state index is 0.0802. The van der Waals surface area contributed by atoms with Gasteiger partial charge in [-0.05, 0) is 54.3 Å². The van der Waals surface area contributed by atoms with Gasteiger partial charge in [-0.15, -0.1) is 0 Å². The van der Waals surface area contributed by atoms with Crippen molar-refractivity contribution in [1.29, 1.82) is 0 Å². The molecule has 0 aromatic heterocycles. The van der Waals surface area contributed by atoms with E-state index >= 15 is 0 Å². The zero-order valence-electron chi connectivity index (χ0n) is 19.4. The van der Waals surface area contributed by atoms with E-state index in [1.807, 2.05) is 24.3 Å². The maximum atomic E-state index is 13.5. The average molecular weight is 501 g/mol. The lowest BCUT2D eigenvalue weighted by atomic mass is 9.97. The Labute approximate surface area is 206 Å². The molecule has 1 N–H and O–H groups in total. The summed E-state index contributed by atoms with van der Waals surface area (Å²) in [6, 6.07) is 21.8. The number of carbonyl (C=O) groups is 1. The normalized spacial score (nSPS) is 12.3. The van der Waals surface area contributed by atoms with Crippen LogP contribution in [0.25, 0.3) is 0 Å². The van der Waals surface area contributed by atoms with E-state index in [1.54, 1.807) is 49.6 Å². The van der Waals surface area contributed by atoms with Gasteiger partial charge in [0.05, 0.1) is 28.8 Å². The Balaban J connectivity index is 1.91. The highest BCUT2D eigenvalue weighted by Gasteiger charge is 2.29. The molecule has 3 aromatic carbocycles. The van der Waals surface area contributed by atoms with Gasteiger partial charge in [-0.25, -0.2) is 8.42 Å². The highest BCUT2D eigenvalue weighted by atomic mass is 35.5. The van der Waals surface area contributed by atoms with E-state index in [9.17, 15) is 13.2 Å². The van der Waals surface area contributed by atoms with Crippen LogP contribution >= 0.6 is 11.6 Å². The molecule has 34 heavy (non-hydrogen) atoms. The number of hydrogen-bond donors (Lipinski definition) is 1. The quantitative estimate of drug-likeness (QED) is 0.401. The second-order valence-corrected chi connectivity index (χ2v) is 10.6. The van der Waals surface area contributed by atoms with Gasteiger partial charge in [0.15, 0.2) is 0 Å². The van der Waals surface area contributed by atoms with Crippen molar-refractivity contribution in [3.63, 3.8) is 0 Å². The van der Waals surface area contributed by atoms with Gasteiger partial charge in [0, 0.05) is 0 Å². The lowest BCUT2D eigenvalue weighted by Crippen LogP contribution is -2.42. The molecule has 3 aromatic rings. The number of nitrogens with one attached hydrogen (secondary N) is 1. The summed E-state index contributed by atoms with van der Waals surface area (Å²) < 4.78 is 33.3. The summed E-state index contributed by atoms with van der Waals surface area (Å²) in [5, 5.41) is 3.26. The Morgan fingerprint density at radius 2 is 1.59 bits per heavy atom. The topological polar surface area (TPSA) is 75.7 Å². The first-order chi connectivity index (χ1) is 16.2. The molecule has 0 aliphatic heterocycles. The molecule has 1 amide bonds. The number of methoxy groups -OCH3 is 1. The molecular formula is C26H29ClN2O4S. The molecule has 3 rings (SSSR count). The summed E-state index contributed by atoms with van der Waals surface area (Å²) >= 11 is 6.35. The maximum Gasteiger partial charge on any atom is 0.264 e. The third kappa shape index (κ3) is 6.30. The summed E-state index contributed by atoms with van der Waals surface area (Å²) in [5.74, 6) is 0.596. The number of halogens is 1. The fourth-order valence-corrected chi connectivity index (χ4v) is 5.38. The summed E-state index contributed by atoms with van der Waals surface area (Å²) in [6.07, 6.45) is 0.690. The Hall–Kier alpha value is -3.03. The SMILES string of the molecule is COc1ccc(C(CC(C)C)NC(=O)CN(c2ccccc2Cl)S(=O)(=O)c2ccccc2)cc1. The molecule has 0 saturated heterocycles. The number of ether oxygens (including phenoxy) is 1. The van der Waals surface area contributed by atoms with Crippen LogP contribution in [0, 0.1) is 5.92 Å². The molecule has 6 nitrogen and oxygen atoms in total. The number of sulfonamides is 1. The number of rotatable bonds is 10. The van der Waals surface area contributed by atoms with Gasteiger partial charge in [-0.2, -0.15) is 0 Å². The number of hydrogen-bond acceptors (Lipinski definition) is 4. The second-order valence-electron chi connectivity index (χ2n) is 8.30. The van der Waals surface area contributed by atoms with Crippen LogP contribution in [-0.4, -0.2) is 28.0 Å². The Bertz CT molecular complexity index is 1200. The van der Waals surface area contributed by atoms with Crippen molar-refractivity contribution in [2.24, 2.45) is 5.92 Å². The van der Waals surface area contributed by atoms with Crippen molar-refractivity contribution in [3.8, 4) is 5.75 Å². The van der Waals surface area contributed by atoms with Crippen LogP contribution in [0.3, 0.4) is 0 Å². The molecule has 0 bridgehead atoms. The van der Waals surface area contributed by atoms with Crippen LogP contribution in [0.5, 0.6) is 5.75 Å². The molecule has 180 valence electrons. The van der Waals surface area contributed by atoms with Crippen molar-refractivity contribution in [2.75, 3.05) is 18.0 Å². The number of amides is 1. The summed E-state index contributed by atoms with van der Waals surface area (Å²) in [4.78, 5) is 13.3. The second kappa shape index (κ2) is 11.4. The average Bonchev–Trinajstić information content (AvgIpc) is 2.83. The predicted molar refractivity (Wildman–Crippen MR) is 136 cm³/mol. The van der Waals surface area contributed by atoms with Gasteiger partial charge in [-0.1, -0.05) is 67.9 Å². The molecule has 0 fully saturated rings. The molecule has 0 heterocycles. The maximum absolute atomic E-state index is 13.5. The Morgan fingerprint density at radius 1 is 0.971 bits per heavy atom. The molecule has 1 atom stereocenters. The Kier molecular flexibility index (Phi) is 8.58. The molecule has 0 aliphatic rings. The van der Waals surface area contributed by atoms with Crippen LogP contribution in [0.4, 0.5) is 5.69 Å². The lowest BCUT2D eigenvalue weighted by Gasteiger charge is -2.27. The summed E-state index contributed by atoms with van der Waals surface area (Å²) in [6.45, 7) is 3.73. The van der Waals surface area contributed by atoms with Crippen LogP contribution < -0.4 is 14.4 Å². The monoisotopic (exact) mass is 500 g/mol. The van der Waals surface area contributed by atoms with Gasteiger partial charge < -0.3 is 10.1 Å². The zero-order valence-corrected chi connectivity index (χ0v) is 21.0. The van der Waals surface area contributed by atoms with Crippen molar-refractivity contribution in [2.45, 2.75) is 31.2 Å². The lowest BCUT2D eigenvalue weighted by molar-refractivity contribution is -0.120. The third-order valence-corrected chi connectivity index (χ3v) is 7.39. The zero-order chi connectivity index (χ0) is 24.7. The molecular weight excluding hydrogens is 472 g/mol. The van der Waals surface area contributed by atoms with Crippen molar-refractivity contribution in [3.05, 3.63) is 89.4 Å². The van der Waals surface area contributed by atoms with Gasteiger partial charge in [0.25, 0.3) is 10.0 Å². The van der Waals surface area contributed by atoms with Crippen LogP contribution in [0.2, 0.25) is 5.02 Å². The smallest absolute Gasteiger partial charge is 0.264 e. The fourth-order valence-electron chi connectivity index (χ4n) is 3.63. The summed E-state index contributed by atoms with van der Waals surface area (Å²) in [7, 11) is -2.44. The number of carbonyl (C=O) groups excluding carboxylic acids is 1. The molecule has 0 saturated carbocycles. The first-order valence-corrected chi connectivity index (χ1v) is 12.8. The third-order valence-electron chi connectivity index (χ3n) is 5.30. The number of anilines is 1. The van der Waals surface area contributed by atoms with Crippen LogP contribution in [0.1, 0.15) is 31.9 Å². The highest BCUT2D eigenvalue weighted by molar-refractivity contribution is 7.92. The molecule has 0 radical (unpaired) electrons. The first kappa shape index (κ1) is 25.6. The first-order valence-electron chi connectivity index (χ1n) is 11.0. The molecule has 0 aliphatic carbocycles. The minimum atomic E-state index is -4.03. The van der Waals surface area contributed by atoms with E-state index in [-0.39, 0.29) is 21.6 Å². The predicted octanol–water partition coefficient (Wildman–Crippen LogP) is 5.45. The van der Waals surface area contributed by atoms with Gasteiger partial charge in [0.2, 0.25) is 5.91 Å². The highest BCUT2D eigenvalue weighted by Crippen LogP contribution is 2.30. The van der Waals surface area contributed by atoms with Crippen LogP contribution in [-0.2, 0) is 14.8 Å². The number of nitrogens with zero attached hydrogens (tertiary/aromatic N) is 1. The van der Waals surface area contributed by atoms with Crippen LogP contribution in [0.15, 0.2) is 83.8 Å². The Morgan fingerprint density at radius 3 is 2.18 bits per heavy atom. The van der Waals surface area contributed by atoms with Gasteiger partial charge in [-0.3, -0.25) is 9.10 Å². The van der Waals surface area contributed by atoms with Gasteiger partial charge in [0.1, 0.15) is 12.3 Å². The number of benzene rings is 3. The van der Waals surface area contributed by atoms with E-state index in [0.717, 1.165) is 15.6 Å². The van der Waals surface area contributed by atoms with Crippen molar-refractivity contribution >= 4 is 33.2 Å². The molecule has 1 unspecified atom stereocenters. The van der Waals surface area contributed by atoms with E-state index in [4.69, 9.17) is 16.3 Å². The molecule has 0 spiro atoms. The van der Waals surface area contributed by atoms with E-state index in [2.05, 4.69) is 19.2 Å². The fraction of sp³-hybridized carbons (Fsp3) is 0.269. The van der Waals surface area contributed by atoms with Gasteiger partial charge >= 0.3 is 0 Å². The van der Waals surface area contributed by atoms with E-state index in [0.29, 0.717) is 12.3 Å². The van der Waals surface area contributed by atoms with Crippen molar-refractivity contribution in [1.82, 2.24) is 5.32 Å². The minimum Gasteiger partial charge on any atom is -0.497 e. The summed E-state index contributed by atoms with van der Waals surface area (Å²) in [5.41, 5.74) is 1.16. The van der Waals surface area contributed by atoms with Crippen molar-refractivity contribution < 1.29 is 17.9 Å². The van der Waals surface area contributed by atoms with E-state index in [1.165, 1.54) is 12.1 Å². The largest absolute Gasteiger partial charge is 0.497 e.